The maximum atomic E-state index is 10.5. The van der Waals surface area contributed by atoms with E-state index >= 15 is 0 Å². The molecule has 0 aliphatic rings. The lowest BCUT2D eigenvalue weighted by atomic mass is 10.1. The van der Waals surface area contributed by atoms with Crippen LogP contribution in [0, 0.1) is 0 Å². The molecule has 7 heteroatoms. The average Bonchev–Trinajstić information content (AvgIpc) is 2.51. The first-order valence-corrected chi connectivity index (χ1v) is 7.35. The minimum absolute atomic E-state index is 0.158. The van der Waals surface area contributed by atoms with Gasteiger partial charge in [0.15, 0.2) is 17.6 Å². The number of aliphatic hydroxyl groups excluding tert-OH is 1. The summed E-state index contributed by atoms with van der Waals surface area (Å²) in [5.74, 6) is -2.46. The number of carboxylic acid groups (broad SMARTS) is 2. The van der Waals surface area contributed by atoms with Crippen LogP contribution in [-0.4, -0.2) is 45.6 Å². The molecule has 0 fully saturated rings. The Labute approximate surface area is 135 Å². The number of unbranched alkanes of at least 4 members (excludes halogenated alkanes) is 3. The van der Waals surface area contributed by atoms with Gasteiger partial charge in [-0.1, -0.05) is 38.7 Å². The molecule has 23 heavy (non-hydrogen) atoms. The number of hydrogen-bond donors (Lipinski definition) is 4. The van der Waals surface area contributed by atoms with Crippen molar-refractivity contribution in [2.24, 2.45) is 0 Å². The summed E-state index contributed by atoms with van der Waals surface area (Å²) in [5, 5.41) is 34.9. The number of aromatic hydroxyl groups is 1. The maximum absolute atomic E-state index is 10.5. The Kier molecular flexibility index (Phi) is 10.2. The number of carbonyl (C=O) groups is 2. The Morgan fingerprint density at radius 3 is 2.30 bits per heavy atom. The number of phenols is 1. The molecule has 1 unspecified atom stereocenters. The fourth-order valence-electron chi connectivity index (χ4n) is 1.75. The standard InChI is InChI=1S/C8H8O4.C8H16O3/c1-12-6-4-2-3-5(7(6)9)8(10)11;1-2-3-4-5-6-7(9)8(10)11/h2-4,9H,1H3,(H,10,11);7,9H,2-6H2,1H3,(H,10,11). The SMILES string of the molecule is CCCCCCC(O)C(=O)O.COc1cccc(C(=O)O)c1O. The lowest BCUT2D eigenvalue weighted by Gasteiger charge is -2.04. The summed E-state index contributed by atoms with van der Waals surface area (Å²) >= 11 is 0. The van der Waals surface area contributed by atoms with Gasteiger partial charge in [0.05, 0.1) is 7.11 Å². The van der Waals surface area contributed by atoms with Crippen molar-refractivity contribution in [1.82, 2.24) is 0 Å². The van der Waals surface area contributed by atoms with Crippen LogP contribution < -0.4 is 4.74 Å². The van der Waals surface area contributed by atoms with Gasteiger partial charge in [-0.25, -0.2) is 9.59 Å². The fraction of sp³-hybridized carbons (Fsp3) is 0.500. The first-order chi connectivity index (χ1) is 10.8. The van der Waals surface area contributed by atoms with Crippen molar-refractivity contribution in [2.75, 3.05) is 7.11 Å². The summed E-state index contributed by atoms with van der Waals surface area (Å²) in [6.45, 7) is 2.09. The van der Waals surface area contributed by atoms with E-state index < -0.39 is 18.0 Å². The highest BCUT2D eigenvalue weighted by Gasteiger charge is 2.12. The van der Waals surface area contributed by atoms with Crippen molar-refractivity contribution in [2.45, 2.75) is 45.1 Å². The molecule has 0 aliphatic heterocycles. The van der Waals surface area contributed by atoms with Crippen LogP contribution in [-0.2, 0) is 4.79 Å². The Bertz CT molecular complexity index is 499. The second-order valence-electron chi connectivity index (χ2n) is 4.86. The second-order valence-corrected chi connectivity index (χ2v) is 4.86. The monoisotopic (exact) mass is 328 g/mol. The predicted octanol–water partition coefficient (Wildman–Crippen LogP) is 2.50. The molecule has 1 atom stereocenters. The molecule has 1 rings (SSSR count). The molecule has 0 amide bonds. The Balaban J connectivity index is 0.000000423. The summed E-state index contributed by atoms with van der Waals surface area (Å²) in [5.41, 5.74) is -0.158. The number of carboxylic acids is 2. The molecule has 0 bridgehead atoms. The minimum atomic E-state index is -1.17. The van der Waals surface area contributed by atoms with Crippen LogP contribution in [0.25, 0.3) is 0 Å². The van der Waals surface area contributed by atoms with E-state index in [9.17, 15) is 14.7 Å². The minimum Gasteiger partial charge on any atom is -0.504 e. The van der Waals surface area contributed by atoms with Gasteiger partial charge in [-0.3, -0.25) is 0 Å². The molecule has 1 aromatic rings. The second kappa shape index (κ2) is 11.3. The van der Waals surface area contributed by atoms with E-state index in [0.717, 1.165) is 25.7 Å². The molecule has 0 aromatic heterocycles. The number of benzene rings is 1. The molecular formula is C16H24O7. The number of aromatic carboxylic acids is 1. The van der Waals surface area contributed by atoms with Crippen LogP contribution in [0.1, 0.15) is 49.4 Å². The number of hydrogen-bond acceptors (Lipinski definition) is 5. The molecular weight excluding hydrogens is 304 g/mol. The number of para-hydroxylation sites is 1. The third-order valence-corrected chi connectivity index (χ3v) is 3.07. The molecule has 4 N–H and O–H groups in total. The first kappa shape index (κ1) is 20.7. The quantitative estimate of drug-likeness (QED) is 0.540. The maximum Gasteiger partial charge on any atom is 0.339 e. The highest BCUT2D eigenvalue weighted by atomic mass is 16.5. The van der Waals surface area contributed by atoms with E-state index in [4.69, 9.17) is 20.1 Å². The van der Waals surface area contributed by atoms with E-state index in [0.29, 0.717) is 6.42 Å². The molecule has 0 aliphatic carbocycles. The van der Waals surface area contributed by atoms with Crippen molar-refractivity contribution < 1.29 is 34.8 Å². The van der Waals surface area contributed by atoms with E-state index in [1.54, 1.807) is 0 Å². The molecule has 1 aromatic carbocycles. The van der Waals surface area contributed by atoms with Gasteiger partial charge in [-0.15, -0.1) is 0 Å². The lowest BCUT2D eigenvalue weighted by molar-refractivity contribution is -0.146. The van der Waals surface area contributed by atoms with E-state index in [-0.39, 0.29) is 17.1 Å². The van der Waals surface area contributed by atoms with E-state index in [1.165, 1.54) is 25.3 Å². The highest BCUT2D eigenvalue weighted by molar-refractivity contribution is 5.91. The van der Waals surface area contributed by atoms with Crippen molar-refractivity contribution in [3.8, 4) is 11.5 Å². The summed E-state index contributed by atoms with van der Waals surface area (Å²) < 4.78 is 4.72. The molecule has 0 spiro atoms. The number of ether oxygens (including phenoxy) is 1. The summed E-state index contributed by atoms with van der Waals surface area (Å²) in [4.78, 5) is 20.6. The molecule has 130 valence electrons. The topological polar surface area (TPSA) is 124 Å². The van der Waals surface area contributed by atoms with Gasteiger partial charge in [0.25, 0.3) is 0 Å². The Morgan fingerprint density at radius 2 is 1.83 bits per heavy atom. The van der Waals surface area contributed by atoms with Gasteiger partial charge in [0.1, 0.15) is 5.56 Å². The van der Waals surface area contributed by atoms with Crippen molar-refractivity contribution in [3.63, 3.8) is 0 Å². The van der Waals surface area contributed by atoms with E-state index in [2.05, 4.69) is 6.92 Å². The van der Waals surface area contributed by atoms with Crippen molar-refractivity contribution >= 4 is 11.9 Å². The van der Waals surface area contributed by atoms with Crippen LogP contribution in [0.3, 0.4) is 0 Å². The molecule has 0 heterocycles. The Morgan fingerprint density at radius 1 is 1.17 bits per heavy atom. The number of methoxy groups -OCH3 is 1. The molecule has 7 nitrogen and oxygen atoms in total. The third kappa shape index (κ3) is 8.06. The fourth-order valence-corrected chi connectivity index (χ4v) is 1.75. The highest BCUT2D eigenvalue weighted by Crippen LogP contribution is 2.28. The zero-order chi connectivity index (χ0) is 17.8. The zero-order valence-corrected chi connectivity index (χ0v) is 13.4. The van der Waals surface area contributed by atoms with Crippen LogP contribution in [0.15, 0.2) is 18.2 Å². The summed E-state index contributed by atoms with van der Waals surface area (Å²) in [6, 6.07) is 4.30. The van der Waals surface area contributed by atoms with Gasteiger partial charge in [-0.05, 0) is 18.6 Å². The lowest BCUT2D eigenvalue weighted by Crippen LogP contribution is -2.18. The number of aliphatic hydroxyl groups is 1. The van der Waals surface area contributed by atoms with Gasteiger partial charge in [-0.2, -0.15) is 0 Å². The molecule has 0 radical (unpaired) electrons. The first-order valence-electron chi connectivity index (χ1n) is 7.35. The smallest absolute Gasteiger partial charge is 0.339 e. The largest absolute Gasteiger partial charge is 0.504 e. The number of aliphatic carboxylic acids is 1. The molecule has 0 saturated heterocycles. The Hall–Kier alpha value is -2.28. The van der Waals surface area contributed by atoms with Gasteiger partial charge >= 0.3 is 11.9 Å². The predicted molar refractivity (Wildman–Crippen MR) is 84.0 cm³/mol. The third-order valence-electron chi connectivity index (χ3n) is 3.07. The summed E-state index contributed by atoms with van der Waals surface area (Å²) in [7, 11) is 1.36. The molecule has 0 saturated carbocycles. The van der Waals surface area contributed by atoms with Crippen LogP contribution in [0.5, 0.6) is 11.5 Å². The summed E-state index contributed by atoms with van der Waals surface area (Å²) in [6.07, 6.45) is 3.29. The van der Waals surface area contributed by atoms with Crippen LogP contribution in [0.4, 0.5) is 0 Å². The van der Waals surface area contributed by atoms with Gasteiger partial charge < -0.3 is 25.2 Å². The van der Waals surface area contributed by atoms with E-state index in [1.807, 2.05) is 0 Å². The average molecular weight is 328 g/mol. The number of rotatable bonds is 8. The van der Waals surface area contributed by atoms with Crippen molar-refractivity contribution in [3.05, 3.63) is 23.8 Å². The van der Waals surface area contributed by atoms with Gasteiger partial charge in [0, 0.05) is 0 Å². The zero-order valence-electron chi connectivity index (χ0n) is 13.4. The van der Waals surface area contributed by atoms with Gasteiger partial charge in [0.2, 0.25) is 0 Å². The van der Waals surface area contributed by atoms with Crippen LogP contribution in [0.2, 0.25) is 0 Å². The van der Waals surface area contributed by atoms with Crippen molar-refractivity contribution in [1.29, 1.82) is 0 Å². The normalized spacial score (nSPS) is 11.1. The van der Waals surface area contributed by atoms with Crippen LogP contribution >= 0.6 is 0 Å².